The number of anilines is 2. The number of fused-ring (bicyclic) bond motifs is 4. The molecule has 7 rings (SSSR count). The fourth-order valence-corrected chi connectivity index (χ4v) is 9.33. The van der Waals surface area contributed by atoms with Crippen LogP contribution in [0.1, 0.15) is 41.0 Å². The molecule has 4 aliphatic rings. The Labute approximate surface area is 322 Å². The molecule has 2 aliphatic heterocycles. The van der Waals surface area contributed by atoms with E-state index in [4.69, 9.17) is 23.2 Å². The molecule has 300 valence electrons. The van der Waals surface area contributed by atoms with Crippen molar-refractivity contribution in [3.63, 3.8) is 0 Å². The number of hydrogen-bond donors (Lipinski definition) is 1. The molecule has 0 unspecified atom stereocenters. The van der Waals surface area contributed by atoms with Gasteiger partial charge < -0.3 is 5.11 Å². The third kappa shape index (κ3) is 5.52. The molecule has 3 aromatic carbocycles. The van der Waals surface area contributed by atoms with Gasteiger partial charge in [0.25, 0.3) is 11.8 Å². The van der Waals surface area contributed by atoms with E-state index in [9.17, 15) is 63.8 Å². The smallest absolute Gasteiger partial charge is 0.416 e. The Bertz CT molecular complexity index is 2320. The van der Waals surface area contributed by atoms with Gasteiger partial charge in [0.1, 0.15) is 11.4 Å². The molecule has 1 N–H and O–H groups in total. The summed E-state index contributed by atoms with van der Waals surface area (Å²) in [7, 11) is 0. The molecule has 20 heteroatoms. The molecule has 0 aromatic heterocycles. The standard InChI is InChI=1S/C37H21Cl2F11N2O5/c1-2-4-13-5-3-6-19(29(13)53)22-17-7-8-18-21(31(55)51(30(18)54)16-10-14(36(45,46)47)9-15(11-16)37(48,49)50)20(17)12-34(38)32(56)52(33(57)35(22,34)39)28-26(43)24(41)23(40)25(42)27(28)44/h2-3,5-7,9-11,18,20-22,53H,1,4,8,12H2/t18-,20+,21-,22+,34+,35-/m0/s1. The van der Waals surface area contributed by atoms with E-state index in [0.29, 0.717) is 0 Å². The van der Waals surface area contributed by atoms with Crippen LogP contribution in [0.15, 0.2) is 60.7 Å². The number of para-hydroxylation sites is 1. The number of rotatable bonds is 5. The molecule has 2 saturated heterocycles. The molecule has 0 radical (unpaired) electrons. The third-order valence-corrected chi connectivity index (χ3v) is 12.3. The normalized spacial score (nSPS) is 27.4. The highest BCUT2D eigenvalue weighted by molar-refractivity contribution is 6.58. The van der Waals surface area contributed by atoms with Crippen LogP contribution >= 0.6 is 23.2 Å². The van der Waals surface area contributed by atoms with Crippen molar-refractivity contribution in [3.05, 3.63) is 112 Å². The van der Waals surface area contributed by atoms with Crippen LogP contribution in [0.5, 0.6) is 5.75 Å². The molecular weight excluding hydrogens is 832 g/mol. The maximum absolute atomic E-state index is 15.3. The summed E-state index contributed by atoms with van der Waals surface area (Å²) in [5, 5.41) is 11.5. The summed E-state index contributed by atoms with van der Waals surface area (Å²) in [5.41, 5.74) is -7.20. The number of imide groups is 2. The molecule has 3 fully saturated rings. The molecule has 57 heavy (non-hydrogen) atoms. The SMILES string of the molecule is C=CCc1cccc([C@H]2C3=CC[C@@H]4C(=O)N(c5cc(C(F)(F)F)cc(C(F)(F)F)c5)C(=O)[C@@H]4[C@@H]3C[C@@]3(Cl)C(=O)N(c4c(F)c(F)c(F)c(F)c4F)C(=O)[C@@]23Cl)c1O. The molecule has 6 atom stereocenters. The second-order valence-electron chi connectivity index (χ2n) is 13.8. The average Bonchev–Trinajstić information content (AvgIpc) is 3.48. The highest BCUT2D eigenvalue weighted by atomic mass is 35.5. The topological polar surface area (TPSA) is 95.0 Å². The van der Waals surface area contributed by atoms with Crippen LogP contribution in [0, 0.1) is 46.8 Å². The van der Waals surface area contributed by atoms with Crippen LogP contribution in [-0.2, 0) is 38.0 Å². The minimum atomic E-state index is -5.38. The summed E-state index contributed by atoms with van der Waals surface area (Å²) in [6.07, 6.45) is -9.73. The van der Waals surface area contributed by atoms with Crippen LogP contribution in [0.25, 0.3) is 0 Å². The quantitative estimate of drug-likeness (QED) is 0.0693. The van der Waals surface area contributed by atoms with Crippen molar-refractivity contribution in [2.24, 2.45) is 17.8 Å². The summed E-state index contributed by atoms with van der Waals surface area (Å²) in [4.78, 5) is 50.5. The summed E-state index contributed by atoms with van der Waals surface area (Å²) < 4.78 is 156. The van der Waals surface area contributed by atoms with Gasteiger partial charge in [0.05, 0.1) is 28.7 Å². The summed E-state index contributed by atoms with van der Waals surface area (Å²) in [5.74, 6) is -26.8. The number of alkyl halides is 8. The van der Waals surface area contributed by atoms with Crippen molar-refractivity contribution in [1.29, 1.82) is 0 Å². The summed E-state index contributed by atoms with van der Waals surface area (Å²) in [6.45, 7) is 3.57. The first kappa shape index (κ1) is 40.2. The Morgan fingerprint density at radius 3 is 1.89 bits per heavy atom. The van der Waals surface area contributed by atoms with E-state index in [1.807, 2.05) is 0 Å². The van der Waals surface area contributed by atoms with Gasteiger partial charge in [-0.25, -0.2) is 31.8 Å². The van der Waals surface area contributed by atoms with E-state index in [1.165, 1.54) is 30.4 Å². The van der Waals surface area contributed by atoms with Crippen LogP contribution in [0.2, 0.25) is 0 Å². The minimum absolute atomic E-state index is 0.0384. The van der Waals surface area contributed by atoms with Gasteiger partial charge in [0, 0.05) is 11.5 Å². The predicted molar refractivity (Wildman–Crippen MR) is 177 cm³/mol. The van der Waals surface area contributed by atoms with E-state index >= 15 is 8.78 Å². The summed E-state index contributed by atoms with van der Waals surface area (Å²) >= 11 is 14.1. The molecule has 4 amide bonds. The largest absolute Gasteiger partial charge is 0.507 e. The summed E-state index contributed by atoms with van der Waals surface area (Å²) in [6, 6.07) is 3.98. The van der Waals surface area contributed by atoms with Gasteiger partial charge in [-0.05, 0) is 48.9 Å². The molecule has 7 nitrogen and oxygen atoms in total. The third-order valence-electron chi connectivity index (χ3n) is 10.9. The van der Waals surface area contributed by atoms with Gasteiger partial charge in [-0.1, -0.05) is 35.9 Å². The molecule has 2 heterocycles. The maximum Gasteiger partial charge on any atom is 0.416 e. The fourth-order valence-electron chi connectivity index (χ4n) is 8.40. The van der Waals surface area contributed by atoms with Gasteiger partial charge in [-0.3, -0.25) is 19.2 Å². The van der Waals surface area contributed by atoms with Crippen molar-refractivity contribution >= 4 is 58.2 Å². The minimum Gasteiger partial charge on any atom is -0.507 e. The number of halogens is 13. The lowest BCUT2D eigenvalue weighted by atomic mass is 9.56. The van der Waals surface area contributed by atoms with Crippen LogP contribution in [0.3, 0.4) is 0 Å². The molecule has 3 aromatic rings. The van der Waals surface area contributed by atoms with Crippen molar-refractivity contribution in [3.8, 4) is 5.75 Å². The van der Waals surface area contributed by atoms with Crippen molar-refractivity contribution < 1.29 is 72.6 Å². The number of hydrogen-bond acceptors (Lipinski definition) is 5. The Balaban J connectivity index is 1.44. The number of phenolic OH excluding ortho intramolecular Hbond substituents is 1. The highest BCUT2D eigenvalue weighted by Gasteiger charge is 2.77. The van der Waals surface area contributed by atoms with Crippen molar-refractivity contribution in [1.82, 2.24) is 0 Å². The number of phenols is 1. The molecular formula is C37H21Cl2F11N2O5. The predicted octanol–water partition coefficient (Wildman–Crippen LogP) is 8.62. The lowest BCUT2D eigenvalue weighted by molar-refractivity contribution is -0.143. The molecule has 2 aliphatic carbocycles. The van der Waals surface area contributed by atoms with Crippen LogP contribution in [0.4, 0.5) is 59.7 Å². The lowest BCUT2D eigenvalue weighted by Gasteiger charge is -2.50. The Morgan fingerprint density at radius 1 is 0.789 bits per heavy atom. The maximum atomic E-state index is 15.3. The number of amides is 4. The number of carbonyl (C=O) groups excluding carboxylic acids is 4. The molecule has 0 bridgehead atoms. The number of nitrogens with zero attached hydrogens (tertiary/aromatic N) is 2. The van der Waals surface area contributed by atoms with E-state index in [1.54, 1.807) is 0 Å². The second kappa shape index (κ2) is 13.0. The van der Waals surface area contributed by atoms with Gasteiger partial charge >= 0.3 is 12.4 Å². The number of allylic oxidation sites excluding steroid dienone is 3. The van der Waals surface area contributed by atoms with Gasteiger partial charge in [0.2, 0.25) is 17.6 Å². The van der Waals surface area contributed by atoms with Gasteiger partial charge in [-0.2, -0.15) is 26.3 Å². The first-order valence-electron chi connectivity index (χ1n) is 16.5. The van der Waals surface area contributed by atoms with Gasteiger partial charge in [0.15, 0.2) is 33.0 Å². The second-order valence-corrected chi connectivity index (χ2v) is 15.1. The Kier molecular flexibility index (Phi) is 9.19. The Hall–Kier alpha value is -4.97. The zero-order chi connectivity index (χ0) is 42.1. The van der Waals surface area contributed by atoms with Crippen LogP contribution in [-0.4, -0.2) is 38.5 Å². The van der Waals surface area contributed by atoms with Gasteiger partial charge in [-0.15, -0.1) is 29.8 Å². The van der Waals surface area contributed by atoms with E-state index < -0.39 is 144 Å². The zero-order valence-corrected chi connectivity index (χ0v) is 29.7. The first-order chi connectivity index (χ1) is 26.4. The van der Waals surface area contributed by atoms with Crippen LogP contribution < -0.4 is 9.80 Å². The monoisotopic (exact) mass is 852 g/mol. The van der Waals surface area contributed by atoms with E-state index in [2.05, 4.69) is 6.58 Å². The number of aromatic hydroxyl groups is 1. The fraction of sp³-hybridized carbons (Fsp3) is 0.297. The first-order valence-corrected chi connectivity index (χ1v) is 17.3. The number of carbonyl (C=O) groups is 4. The van der Waals surface area contributed by atoms with E-state index in [-0.39, 0.29) is 46.2 Å². The van der Waals surface area contributed by atoms with E-state index in [0.717, 1.165) is 0 Å². The van der Waals surface area contributed by atoms with Crippen molar-refractivity contribution in [2.75, 3.05) is 9.80 Å². The molecule has 0 spiro atoms. The average molecular weight is 853 g/mol. The lowest BCUT2D eigenvalue weighted by Crippen LogP contribution is -2.60. The Morgan fingerprint density at radius 2 is 1.35 bits per heavy atom. The zero-order valence-electron chi connectivity index (χ0n) is 28.1. The number of benzene rings is 3. The highest BCUT2D eigenvalue weighted by Crippen LogP contribution is 2.67. The molecule has 1 saturated carbocycles. The van der Waals surface area contributed by atoms with Crippen molar-refractivity contribution in [2.45, 2.75) is 47.3 Å².